The van der Waals surface area contributed by atoms with E-state index < -0.39 is 32.3 Å². The molecule has 1 aliphatic rings. The highest BCUT2D eigenvalue weighted by Gasteiger charge is 2.36. The van der Waals surface area contributed by atoms with Crippen molar-refractivity contribution >= 4 is 38.7 Å². The molecule has 0 atom stereocenters. The zero-order chi connectivity index (χ0) is 27.9. The van der Waals surface area contributed by atoms with Crippen LogP contribution >= 0.6 is 0 Å². The molecule has 8 nitrogen and oxygen atoms in total. The number of hydrogen-bond donors (Lipinski definition) is 3. The van der Waals surface area contributed by atoms with Gasteiger partial charge in [0.2, 0.25) is 0 Å². The molecule has 1 aliphatic carbocycles. The van der Waals surface area contributed by atoms with Gasteiger partial charge in [0.05, 0.1) is 22.5 Å². The van der Waals surface area contributed by atoms with Gasteiger partial charge in [0, 0.05) is 29.9 Å². The molecule has 0 amide bonds. The second kappa shape index (κ2) is 11.1. The van der Waals surface area contributed by atoms with Crippen LogP contribution in [0, 0.1) is 6.92 Å². The first kappa shape index (κ1) is 28.7. The number of carbonyl (C=O) groups excluding carboxylic acids is 2. The molecule has 40 heavy (non-hydrogen) atoms. The Balaban J connectivity index is 0.00000370. The van der Waals surface area contributed by atoms with Crippen molar-refractivity contribution in [3.8, 4) is 0 Å². The predicted octanol–water partition coefficient (Wildman–Crippen LogP) is 5.61. The quantitative estimate of drug-likeness (QED) is 0.174. The highest BCUT2D eigenvalue weighted by molar-refractivity contribution is 7.86. The van der Waals surface area contributed by atoms with E-state index in [1.165, 1.54) is 23.3 Å². The molecule has 4 aromatic rings. The summed E-state index contributed by atoms with van der Waals surface area (Å²) in [7, 11) is -2.75. The normalized spacial score (nSPS) is 12.5. The molecule has 0 aliphatic heterocycles. The Kier molecular flexibility index (Phi) is 7.93. The van der Waals surface area contributed by atoms with Crippen LogP contribution in [0.4, 0.5) is 17.1 Å². The lowest BCUT2D eigenvalue weighted by Crippen LogP contribution is -2.25. The summed E-state index contributed by atoms with van der Waals surface area (Å²) in [5.74, 6) is -1.05. The van der Waals surface area contributed by atoms with Crippen LogP contribution in [0.15, 0.2) is 83.8 Å². The number of nitrogen functional groups attached to an aromatic ring is 1. The van der Waals surface area contributed by atoms with Crippen LogP contribution in [0.25, 0.3) is 0 Å². The Morgan fingerprint density at radius 1 is 0.825 bits per heavy atom. The number of anilines is 3. The summed E-state index contributed by atoms with van der Waals surface area (Å²) < 4.78 is 34.1. The smallest absolute Gasteiger partial charge is 0.296 e. The largest absolute Gasteiger partial charge is 0.397 e. The van der Waals surface area contributed by atoms with Crippen LogP contribution < -0.4 is 11.1 Å². The Labute approximate surface area is 234 Å². The SMILES string of the molecule is C.Cc1ccc(CN(C)Cc2ccc(Nc3cc(S(=O)(=O)O)c(N)c4c3C(=O)c3ccccc3C4=O)cc2)cc1. The fourth-order valence-electron chi connectivity index (χ4n) is 4.83. The number of benzene rings is 4. The lowest BCUT2D eigenvalue weighted by Gasteiger charge is -2.23. The Bertz CT molecular complexity index is 1710. The molecular weight excluding hydrogens is 526 g/mol. The fraction of sp³-hybridized carbons (Fsp3) is 0.161. The molecule has 0 unspecified atom stereocenters. The zero-order valence-electron chi connectivity index (χ0n) is 21.4. The Morgan fingerprint density at radius 3 is 1.85 bits per heavy atom. The molecule has 0 saturated carbocycles. The highest BCUT2D eigenvalue weighted by atomic mass is 32.2. The van der Waals surface area contributed by atoms with Crippen LogP contribution in [-0.4, -0.2) is 36.5 Å². The van der Waals surface area contributed by atoms with Gasteiger partial charge in [-0.3, -0.25) is 19.0 Å². The van der Waals surface area contributed by atoms with Gasteiger partial charge in [0.15, 0.2) is 11.6 Å². The summed E-state index contributed by atoms with van der Waals surface area (Å²) in [6.07, 6.45) is 0. The van der Waals surface area contributed by atoms with Crippen LogP contribution in [0.2, 0.25) is 0 Å². The van der Waals surface area contributed by atoms with Gasteiger partial charge < -0.3 is 11.1 Å². The summed E-state index contributed by atoms with van der Waals surface area (Å²) in [4.78, 5) is 28.3. The van der Waals surface area contributed by atoms with Gasteiger partial charge in [-0.1, -0.05) is 73.7 Å². The molecule has 5 rings (SSSR count). The summed E-state index contributed by atoms with van der Waals surface area (Å²) in [5, 5.41) is 3.06. The second-order valence-corrected chi connectivity index (χ2v) is 11.1. The first-order valence-corrected chi connectivity index (χ1v) is 13.7. The van der Waals surface area contributed by atoms with Gasteiger partial charge in [-0.25, -0.2) is 0 Å². The third-order valence-electron chi connectivity index (χ3n) is 6.74. The number of rotatable bonds is 7. The molecule has 0 fully saturated rings. The molecule has 0 heterocycles. The van der Waals surface area contributed by atoms with Crippen molar-refractivity contribution < 1.29 is 22.6 Å². The van der Waals surface area contributed by atoms with E-state index in [9.17, 15) is 22.6 Å². The Morgan fingerprint density at radius 2 is 1.32 bits per heavy atom. The predicted molar refractivity (Wildman–Crippen MR) is 157 cm³/mol. The fourth-order valence-corrected chi connectivity index (χ4v) is 5.47. The van der Waals surface area contributed by atoms with E-state index in [2.05, 4.69) is 41.4 Å². The molecule has 0 bridgehead atoms. The van der Waals surface area contributed by atoms with E-state index in [1.54, 1.807) is 24.3 Å². The Hall–Kier alpha value is -4.31. The maximum atomic E-state index is 13.5. The zero-order valence-corrected chi connectivity index (χ0v) is 22.2. The summed E-state index contributed by atoms with van der Waals surface area (Å²) >= 11 is 0. The first-order chi connectivity index (χ1) is 18.5. The minimum atomic E-state index is -4.78. The minimum absolute atomic E-state index is 0. The van der Waals surface area contributed by atoms with Crippen LogP contribution in [-0.2, 0) is 23.2 Å². The van der Waals surface area contributed by atoms with Crippen molar-refractivity contribution in [3.05, 3.63) is 118 Å². The summed E-state index contributed by atoms with van der Waals surface area (Å²) in [6, 6.07) is 23.2. The van der Waals surface area contributed by atoms with E-state index >= 15 is 0 Å². The van der Waals surface area contributed by atoms with Crippen molar-refractivity contribution in [2.75, 3.05) is 18.1 Å². The molecule has 0 saturated heterocycles. The third kappa shape index (κ3) is 5.53. The molecule has 0 radical (unpaired) electrons. The number of nitrogens with zero attached hydrogens (tertiary/aromatic N) is 1. The van der Waals surface area contributed by atoms with Gasteiger partial charge in [-0.15, -0.1) is 0 Å². The monoisotopic (exact) mass is 557 g/mol. The minimum Gasteiger partial charge on any atom is -0.397 e. The number of aryl methyl sites for hydroxylation is 1. The van der Waals surface area contributed by atoms with E-state index in [0.717, 1.165) is 18.2 Å². The van der Waals surface area contributed by atoms with Gasteiger partial charge in [0.25, 0.3) is 10.1 Å². The van der Waals surface area contributed by atoms with Crippen molar-refractivity contribution in [2.45, 2.75) is 32.3 Å². The maximum Gasteiger partial charge on any atom is 0.296 e. The third-order valence-corrected chi connectivity index (χ3v) is 7.63. The van der Waals surface area contributed by atoms with Crippen LogP contribution in [0.5, 0.6) is 0 Å². The molecule has 206 valence electrons. The molecule has 4 aromatic carbocycles. The summed E-state index contributed by atoms with van der Waals surface area (Å²) in [5.41, 5.74) is 9.72. The van der Waals surface area contributed by atoms with Crippen LogP contribution in [0.3, 0.4) is 0 Å². The van der Waals surface area contributed by atoms with E-state index in [0.29, 0.717) is 12.2 Å². The van der Waals surface area contributed by atoms with E-state index in [-0.39, 0.29) is 35.4 Å². The van der Waals surface area contributed by atoms with Gasteiger partial charge in [0.1, 0.15) is 4.90 Å². The van der Waals surface area contributed by atoms with Crippen molar-refractivity contribution in [1.29, 1.82) is 0 Å². The van der Waals surface area contributed by atoms with Crippen molar-refractivity contribution in [2.24, 2.45) is 0 Å². The molecule has 4 N–H and O–H groups in total. The lowest BCUT2D eigenvalue weighted by atomic mass is 9.82. The number of hydrogen-bond acceptors (Lipinski definition) is 7. The number of ketones is 2. The summed E-state index contributed by atoms with van der Waals surface area (Å²) in [6.45, 7) is 3.54. The van der Waals surface area contributed by atoms with Gasteiger partial charge in [-0.05, 0) is 43.3 Å². The second-order valence-electron chi connectivity index (χ2n) is 9.74. The van der Waals surface area contributed by atoms with E-state index in [1.807, 2.05) is 19.2 Å². The van der Waals surface area contributed by atoms with Crippen molar-refractivity contribution in [1.82, 2.24) is 4.90 Å². The number of nitrogens with one attached hydrogen (secondary N) is 1. The van der Waals surface area contributed by atoms with Gasteiger partial charge >= 0.3 is 0 Å². The topological polar surface area (TPSA) is 130 Å². The molecule has 0 spiro atoms. The molecule has 9 heteroatoms. The standard InChI is InChI=1S/C30H27N3O5S.CH4/c1-18-7-9-19(10-8-18)16-33(2)17-20-11-13-21(14-12-20)32-24-15-25(39(36,37)38)28(31)27-26(24)29(34)22-5-3-4-6-23(22)30(27)35;/h3-15,32H,16-17,31H2,1-2H3,(H,36,37,38);1H4. The number of carbonyl (C=O) groups is 2. The first-order valence-electron chi connectivity index (χ1n) is 12.3. The lowest BCUT2D eigenvalue weighted by molar-refractivity contribution is 0.0980. The molecular formula is C31H31N3O5S. The molecule has 0 aromatic heterocycles. The average molecular weight is 558 g/mol. The van der Waals surface area contributed by atoms with Gasteiger partial charge in [-0.2, -0.15) is 8.42 Å². The van der Waals surface area contributed by atoms with Crippen molar-refractivity contribution in [3.63, 3.8) is 0 Å². The maximum absolute atomic E-state index is 13.5. The van der Waals surface area contributed by atoms with E-state index in [4.69, 9.17) is 5.73 Å². The number of nitrogens with two attached hydrogens (primary N) is 1. The van der Waals surface area contributed by atoms with Crippen LogP contribution in [0.1, 0.15) is 56.0 Å². The average Bonchev–Trinajstić information content (AvgIpc) is 2.90. The number of fused-ring (bicyclic) bond motifs is 2. The highest BCUT2D eigenvalue weighted by Crippen LogP contribution is 2.40.